The minimum Gasteiger partial charge on any atom is -0.387 e. The highest BCUT2D eigenvalue weighted by Crippen LogP contribution is 2.15. The Hall–Kier alpha value is -1.52. The van der Waals surface area contributed by atoms with E-state index in [4.69, 9.17) is 5.53 Å². The fraction of sp³-hybridized carbons (Fsp3) is 0.917. The van der Waals surface area contributed by atoms with E-state index in [-0.39, 0.29) is 12.5 Å². The van der Waals surface area contributed by atoms with Gasteiger partial charge < -0.3 is 10.4 Å². The van der Waals surface area contributed by atoms with Crippen molar-refractivity contribution in [3.8, 4) is 0 Å². The third kappa shape index (κ3) is 30.0. The number of nitrogens with one attached hydrogen (secondary N) is 1. The zero-order chi connectivity index (χ0) is 30.8. The van der Waals surface area contributed by atoms with E-state index in [0.717, 1.165) is 25.7 Å². The standard InChI is InChI=1S/C36H70N4O2/c1-3-5-7-9-11-13-15-17-18-20-22-24-26-28-30-32-36(42)39-34(33-38-40-37)35(41)31-29-27-25-23-21-19-16-14-12-10-8-6-4-2/h29,31,34-35,41H,3-28,30,32-33H2,1-2H3,(H,39,42)/b31-29+/t34-,35+/m0/s1. The van der Waals surface area contributed by atoms with Crippen LogP contribution < -0.4 is 5.32 Å². The molecule has 42 heavy (non-hydrogen) atoms. The Bertz CT molecular complexity index is 648. The highest BCUT2D eigenvalue weighted by Gasteiger charge is 2.18. The highest BCUT2D eigenvalue weighted by molar-refractivity contribution is 5.76. The number of unbranched alkanes of at least 4 members (excludes halogenated alkanes) is 25. The van der Waals surface area contributed by atoms with Crippen LogP contribution in [-0.2, 0) is 4.79 Å². The van der Waals surface area contributed by atoms with Crippen LogP contribution in [0.1, 0.15) is 194 Å². The van der Waals surface area contributed by atoms with E-state index >= 15 is 0 Å². The summed E-state index contributed by atoms with van der Waals surface area (Å²) in [6.07, 6.45) is 38.3. The lowest BCUT2D eigenvalue weighted by atomic mass is 10.0. The minimum atomic E-state index is -0.840. The first-order chi connectivity index (χ1) is 20.7. The van der Waals surface area contributed by atoms with Crippen molar-refractivity contribution in [2.45, 2.75) is 206 Å². The number of aliphatic hydroxyl groups excluding tert-OH is 1. The summed E-state index contributed by atoms with van der Waals surface area (Å²) in [7, 11) is 0. The van der Waals surface area contributed by atoms with Gasteiger partial charge in [0.1, 0.15) is 0 Å². The molecule has 0 heterocycles. The van der Waals surface area contributed by atoms with Gasteiger partial charge in [0.05, 0.1) is 12.1 Å². The molecule has 0 aromatic rings. The minimum absolute atomic E-state index is 0.0606. The van der Waals surface area contributed by atoms with Crippen molar-refractivity contribution in [3.05, 3.63) is 22.6 Å². The number of carbonyl (C=O) groups excluding carboxylic acids is 1. The molecule has 246 valence electrons. The van der Waals surface area contributed by atoms with Gasteiger partial charge in [-0.1, -0.05) is 185 Å². The Labute approximate surface area is 260 Å². The first-order valence-electron chi connectivity index (χ1n) is 18.3. The fourth-order valence-electron chi connectivity index (χ4n) is 5.60. The van der Waals surface area contributed by atoms with Crippen molar-refractivity contribution < 1.29 is 9.90 Å². The molecule has 0 aliphatic carbocycles. The first kappa shape index (κ1) is 40.5. The third-order valence-electron chi connectivity index (χ3n) is 8.42. The van der Waals surface area contributed by atoms with Gasteiger partial charge in [-0.2, -0.15) is 0 Å². The number of hydrogen-bond donors (Lipinski definition) is 2. The smallest absolute Gasteiger partial charge is 0.220 e. The van der Waals surface area contributed by atoms with Gasteiger partial charge in [-0.25, -0.2) is 0 Å². The predicted molar refractivity (Wildman–Crippen MR) is 182 cm³/mol. The van der Waals surface area contributed by atoms with Crippen molar-refractivity contribution in [3.63, 3.8) is 0 Å². The largest absolute Gasteiger partial charge is 0.387 e. The number of amides is 1. The Morgan fingerprint density at radius 1 is 0.667 bits per heavy atom. The van der Waals surface area contributed by atoms with Crippen LogP contribution in [0.5, 0.6) is 0 Å². The first-order valence-corrected chi connectivity index (χ1v) is 18.3. The summed E-state index contributed by atoms with van der Waals surface area (Å²) in [5, 5.41) is 17.1. The number of hydrogen-bond acceptors (Lipinski definition) is 3. The van der Waals surface area contributed by atoms with Crippen molar-refractivity contribution in [2.24, 2.45) is 5.11 Å². The van der Waals surface area contributed by atoms with E-state index in [1.807, 2.05) is 6.08 Å². The van der Waals surface area contributed by atoms with Crippen molar-refractivity contribution in [1.29, 1.82) is 0 Å². The lowest BCUT2D eigenvalue weighted by molar-refractivity contribution is -0.122. The molecule has 0 aromatic carbocycles. The summed E-state index contributed by atoms with van der Waals surface area (Å²) in [5.74, 6) is -0.0688. The van der Waals surface area contributed by atoms with Crippen LogP contribution in [0.15, 0.2) is 17.3 Å². The van der Waals surface area contributed by atoms with Crippen LogP contribution in [0.4, 0.5) is 0 Å². The number of rotatable bonds is 33. The molecule has 0 spiro atoms. The van der Waals surface area contributed by atoms with Gasteiger partial charge in [0.25, 0.3) is 0 Å². The summed E-state index contributed by atoms with van der Waals surface area (Å²) < 4.78 is 0. The number of azide groups is 1. The van der Waals surface area contributed by atoms with Gasteiger partial charge in [-0.15, -0.1) is 0 Å². The molecule has 6 heteroatoms. The molecular formula is C36H70N4O2. The average Bonchev–Trinajstić information content (AvgIpc) is 2.99. The Kier molecular flexibility index (Phi) is 32.7. The molecule has 0 fully saturated rings. The molecule has 0 bridgehead atoms. The van der Waals surface area contributed by atoms with Gasteiger partial charge in [-0.3, -0.25) is 4.79 Å². The zero-order valence-electron chi connectivity index (χ0n) is 28.0. The van der Waals surface area contributed by atoms with E-state index in [0.29, 0.717) is 6.42 Å². The second-order valence-corrected chi connectivity index (χ2v) is 12.5. The molecule has 0 aliphatic heterocycles. The maximum atomic E-state index is 12.5. The topological polar surface area (TPSA) is 98.1 Å². The molecule has 0 saturated heterocycles. The van der Waals surface area contributed by atoms with Crippen molar-refractivity contribution in [1.82, 2.24) is 5.32 Å². The third-order valence-corrected chi connectivity index (χ3v) is 8.42. The van der Waals surface area contributed by atoms with Gasteiger partial charge in [0.15, 0.2) is 0 Å². The van der Waals surface area contributed by atoms with Crippen LogP contribution in [0.3, 0.4) is 0 Å². The van der Waals surface area contributed by atoms with E-state index < -0.39 is 12.1 Å². The van der Waals surface area contributed by atoms with Gasteiger partial charge in [-0.05, 0) is 24.8 Å². The predicted octanol–water partition coefficient (Wildman–Crippen LogP) is 11.7. The van der Waals surface area contributed by atoms with Crippen LogP contribution in [0, 0.1) is 0 Å². The number of carbonyl (C=O) groups is 1. The van der Waals surface area contributed by atoms with E-state index in [9.17, 15) is 9.90 Å². The van der Waals surface area contributed by atoms with Crippen molar-refractivity contribution in [2.75, 3.05) is 6.54 Å². The molecule has 0 saturated carbocycles. The average molecular weight is 591 g/mol. The molecule has 0 aromatic heterocycles. The summed E-state index contributed by atoms with van der Waals surface area (Å²) in [6.45, 7) is 4.59. The van der Waals surface area contributed by atoms with Crippen molar-refractivity contribution >= 4 is 5.91 Å². The summed E-state index contributed by atoms with van der Waals surface area (Å²) in [5.41, 5.74) is 8.73. The van der Waals surface area contributed by atoms with Gasteiger partial charge in [0, 0.05) is 17.9 Å². The lowest BCUT2D eigenvalue weighted by Crippen LogP contribution is -2.44. The van der Waals surface area contributed by atoms with Gasteiger partial charge in [0.2, 0.25) is 5.91 Å². The van der Waals surface area contributed by atoms with Crippen LogP contribution in [0.2, 0.25) is 0 Å². The van der Waals surface area contributed by atoms with Crippen LogP contribution >= 0.6 is 0 Å². The van der Waals surface area contributed by atoms with Crippen LogP contribution in [0.25, 0.3) is 10.4 Å². The highest BCUT2D eigenvalue weighted by atomic mass is 16.3. The normalized spacial score (nSPS) is 12.8. The molecule has 2 N–H and O–H groups in total. The maximum Gasteiger partial charge on any atom is 0.220 e. The SMILES string of the molecule is CCCCCCCCCCCCC/C=C/[C@@H](O)[C@H](CN=[N+]=[N-])NC(=O)CCCCCCCCCCCCCCCCC. The van der Waals surface area contributed by atoms with Crippen LogP contribution in [-0.4, -0.2) is 29.7 Å². The van der Waals surface area contributed by atoms with Gasteiger partial charge >= 0.3 is 0 Å². The monoisotopic (exact) mass is 591 g/mol. The molecule has 2 atom stereocenters. The number of allylic oxidation sites excluding steroid dienone is 1. The zero-order valence-corrected chi connectivity index (χ0v) is 28.0. The molecule has 6 nitrogen and oxygen atoms in total. The Morgan fingerprint density at radius 2 is 1.05 bits per heavy atom. The Morgan fingerprint density at radius 3 is 1.45 bits per heavy atom. The molecule has 0 radical (unpaired) electrons. The second-order valence-electron chi connectivity index (χ2n) is 12.5. The quantitative estimate of drug-likeness (QED) is 0.0261. The van der Waals surface area contributed by atoms with E-state index in [2.05, 4.69) is 29.2 Å². The molecule has 1 amide bonds. The Balaban J connectivity index is 3.83. The summed E-state index contributed by atoms with van der Waals surface area (Å²) in [6, 6.07) is -0.571. The lowest BCUT2D eigenvalue weighted by Gasteiger charge is -2.20. The summed E-state index contributed by atoms with van der Waals surface area (Å²) >= 11 is 0. The maximum absolute atomic E-state index is 12.5. The fourth-order valence-corrected chi connectivity index (χ4v) is 5.60. The molecule has 0 rings (SSSR count). The molecule has 0 unspecified atom stereocenters. The molecular weight excluding hydrogens is 520 g/mol. The summed E-state index contributed by atoms with van der Waals surface area (Å²) in [4.78, 5) is 15.3. The number of aliphatic hydroxyl groups is 1. The second kappa shape index (κ2) is 34.0. The van der Waals surface area contributed by atoms with E-state index in [1.165, 1.54) is 148 Å². The number of nitrogens with zero attached hydrogens (tertiary/aromatic N) is 3. The van der Waals surface area contributed by atoms with E-state index in [1.54, 1.807) is 6.08 Å². The molecule has 0 aliphatic rings.